The van der Waals surface area contributed by atoms with E-state index in [1.54, 1.807) is 43.5 Å². The van der Waals surface area contributed by atoms with Crippen molar-refractivity contribution in [3.05, 3.63) is 74.8 Å². The van der Waals surface area contributed by atoms with Crippen molar-refractivity contribution < 1.29 is 9.21 Å². The quantitative estimate of drug-likeness (QED) is 0.426. The summed E-state index contributed by atoms with van der Waals surface area (Å²) in [5, 5.41) is 4.73. The van der Waals surface area contributed by atoms with E-state index in [9.17, 15) is 9.59 Å². The molecule has 0 fully saturated rings. The summed E-state index contributed by atoms with van der Waals surface area (Å²) in [7, 11) is 0. The van der Waals surface area contributed by atoms with Gasteiger partial charge in [0.25, 0.3) is 5.91 Å². The molecule has 0 saturated heterocycles. The third-order valence-corrected chi connectivity index (χ3v) is 3.83. The number of aromatic nitrogens is 1. The fraction of sp³-hybridized carbons (Fsp3) is 0.0588. The van der Waals surface area contributed by atoms with Crippen molar-refractivity contribution >= 4 is 38.5 Å². The zero-order valence-corrected chi connectivity index (χ0v) is 14.2. The standard InChI is InChI=1S/C17H12BrN3O3/c1-10(20-21-16(22)11-3-2-6-19-9-11)14-8-12-7-13(18)4-5-15(12)24-17(14)23/h2-9H,1H3,(H,21,22)/b20-10-. The Bertz CT molecular complexity index is 997. The predicted molar refractivity (Wildman–Crippen MR) is 94.1 cm³/mol. The fourth-order valence-corrected chi connectivity index (χ4v) is 2.48. The van der Waals surface area contributed by atoms with Crippen LogP contribution in [-0.2, 0) is 0 Å². The van der Waals surface area contributed by atoms with Crippen LogP contribution in [0.1, 0.15) is 22.8 Å². The normalized spacial score (nSPS) is 11.5. The number of nitrogens with one attached hydrogen (secondary N) is 1. The number of nitrogens with zero attached hydrogens (tertiary/aromatic N) is 2. The Hall–Kier alpha value is -2.80. The number of fused-ring (bicyclic) bond motifs is 1. The maximum absolute atomic E-state index is 12.1. The van der Waals surface area contributed by atoms with E-state index in [2.05, 4.69) is 31.4 Å². The van der Waals surface area contributed by atoms with Crippen LogP contribution >= 0.6 is 15.9 Å². The van der Waals surface area contributed by atoms with Crippen molar-refractivity contribution in [2.75, 3.05) is 0 Å². The number of hydrogen-bond acceptors (Lipinski definition) is 5. The van der Waals surface area contributed by atoms with Gasteiger partial charge in [0.1, 0.15) is 5.58 Å². The van der Waals surface area contributed by atoms with Gasteiger partial charge < -0.3 is 4.42 Å². The van der Waals surface area contributed by atoms with Crippen molar-refractivity contribution in [3.63, 3.8) is 0 Å². The van der Waals surface area contributed by atoms with Crippen LogP contribution in [0.3, 0.4) is 0 Å². The van der Waals surface area contributed by atoms with Crippen molar-refractivity contribution in [2.45, 2.75) is 6.92 Å². The van der Waals surface area contributed by atoms with E-state index in [1.807, 2.05) is 6.07 Å². The average Bonchev–Trinajstić information content (AvgIpc) is 2.60. The molecule has 0 unspecified atom stereocenters. The highest BCUT2D eigenvalue weighted by atomic mass is 79.9. The van der Waals surface area contributed by atoms with E-state index < -0.39 is 11.5 Å². The zero-order chi connectivity index (χ0) is 17.1. The van der Waals surface area contributed by atoms with Crippen LogP contribution in [0.25, 0.3) is 11.0 Å². The van der Waals surface area contributed by atoms with Crippen LogP contribution in [0.15, 0.2) is 67.6 Å². The summed E-state index contributed by atoms with van der Waals surface area (Å²) >= 11 is 3.38. The number of hydrogen-bond donors (Lipinski definition) is 1. The summed E-state index contributed by atoms with van der Waals surface area (Å²) in [6, 6.07) is 10.3. The molecule has 2 aromatic heterocycles. The van der Waals surface area contributed by atoms with E-state index >= 15 is 0 Å². The number of rotatable bonds is 3. The molecule has 0 radical (unpaired) electrons. The number of halogens is 1. The highest BCUT2D eigenvalue weighted by Crippen LogP contribution is 2.19. The first-order valence-electron chi connectivity index (χ1n) is 7.03. The first kappa shape index (κ1) is 16.1. The van der Waals surface area contributed by atoms with Gasteiger partial charge in [0.05, 0.1) is 16.8 Å². The number of carbonyl (C=O) groups excluding carboxylic acids is 1. The molecule has 3 rings (SSSR count). The Morgan fingerprint density at radius 1 is 1.29 bits per heavy atom. The largest absolute Gasteiger partial charge is 0.422 e. The molecule has 24 heavy (non-hydrogen) atoms. The van der Waals surface area contributed by atoms with Gasteiger partial charge in [-0.15, -0.1) is 0 Å². The average molecular weight is 386 g/mol. The Morgan fingerprint density at radius 2 is 2.12 bits per heavy atom. The minimum absolute atomic E-state index is 0.284. The Labute approximate surface area is 145 Å². The molecule has 0 aliphatic carbocycles. The van der Waals surface area contributed by atoms with Gasteiger partial charge in [0, 0.05) is 22.3 Å². The highest BCUT2D eigenvalue weighted by Gasteiger charge is 2.10. The number of benzene rings is 1. The van der Waals surface area contributed by atoms with E-state index in [4.69, 9.17) is 4.42 Å². The van der Waals surface area contributed by atoms with Crippen molar-refractivity contribution in [1.29, 1.82) is 0 Å². The highest BCUT2D eigenvalue weighted by molar-refractivity contribution is 9.10. The summed E-state index contributed by atoms with van der Waals surface area (Å²) in [4.78, 5) is 27.9. The molecule has 3 aromatic rings. The fourth-order valence-electron chi connectivity index (χ4n) is 2.10. The molecule has 2 heterocycles. The third kappa shape index (κ3) is 3.41. The zero-order valence-electron chi connectivity index (χ0n) is 12.6. The van der Waals surface area contributed by atoms with Crippen LogP contribution < -0.4 is 11.1 Å². The first-order chi connectivity index (χ1) is 11.5. The van der Waals surface area contributed by atoms with Gasteiger partial charge in [0.15, 0.2) is 0 Å². The molecule has 7 heteroatoms. The van der Waals surface area contributed by atoms with E-state index in [-0.39, 0.29) is 5.56 Å². The number of carbonyl (C=O) groups is 1. The van der Waals surface area contributed by atoms with Gasteiger partial charge in [0.2, 0.25) is 0 Å². The molecule has 0 aliphatic heterocycles. The lowest BCUT2D eigenvalue weighted by molar-refractivity contribution is 0.0954. The van der Waals surface area contributed by atoms with Crippen LogP contribution in [0.4, 0.5) is 0 Å². The molecule has 0 bridgehead atoms. The maximum Gasteiger partial charge on any atom is 0.345 e. The minimum atomic E-state index is -0.512. The second kappa shape index (κ2) is 6.76. The molecule has 6 nitrogen and oxygen atoms in total. The molecule has 120 valence electrons. The monoisotopic (exact) mass is 385 g/mol. The van der Waals surface area contributed by atoms with Gasteiger partial charge in [-0.05, 0) is 43.3 Å². The Morgan fingerprint density at radius 3 is 2.88 bits per heavy atom. The second-order valence-corrected chi connectivity index (χ2v) is 5.93. The first-order valence-corrected chi connectivity index (χ1v) is 7.82. The molecule has 0 atom stereocenters. The second-order valence-electron chi connectivity index (χ2n) is 5.01. The van der Waals surface area contributed by atoms with Crippen molar-refractivity contribution in [2.24, 2.45) is 5.10 Å². The summed E-state index contributed by atoms with van der Waals surface area (Å²) < 4.78 is 6.15. The van der Waals surface area contributed by atoms with Crippen molar-refractivity contribution in [1.82, 2.24) is 10.4 Å². The minimum Gasteiger partial charge on any atom is -0.422 e. The summed E-state index contributed by atoms with van der Waals surface area (Å²) in [6.07, 6.45) is 3.01. The predicted octanol–water partition coefficient (Wildman–Crippen LogP) is 3.10. The van der Waals surface area contributed by atoms with Gasteiger partial charge in [-0.2, -0.15) is 5.10 Å². The van der Waals surface area contributed by atoms with Crippen LogP contribution in [0.5, 0.6) is 0 Å². The third-order valence-electron chi connectivity index (χ3n) is 3.33. The van der Waals surface area contributed by atoms with E-state index in [0.29, 0.717) is 16.9 Å². The van der Waals surface area contributed by atoms with E-state index in [0.717, 1.165) is 9.86 Å². The summed E-state index contributed by atoms with van der Waals surface area (Å²) in [5.41, 5.74) is 3.39. The van der Waals surface area contributed by atoms with Crippen LogP contribution in [0.2, 0.25) is 0 Å². The number of hydrazone groups is 1. The smallest absolute Gasteiger partial charge is 0.345 e. The molecule has 0 saturated carbocycles. The van der Waals surface area contributed by atoms with E-state index in [1.165, 1.54) is 6.20 Å². The van der Waals surface area contributed by atoms with Gasteiger partial charge >= 0.3 is 5.63 Å². The lowest BCUT2D eigenvalue weighted by Crippen LogP contribution is -2.21. The molecular weight excluding hydrogens is 374 g/mol. The molecule has 1 N–H and O–H groups in total. The number of pyridine rings is 1. The van der Waals surface area contributed by atoms with Gasteiger partial charge in [-0.3, -0.25) is 9.78 Å². The van der Waals surface area contributed by atoms with Crippen molar-refractivity contribution in [3.8, 4) is 0 Å². The van der Waals surface area contributed by atoms with Gasteiger partial charge in [-0.1, -0.05) is 15.9 Å². The summed E-state index contributed by atoms with van der Waals surface area (Å²) in [6.45, 7) is 1.62. The molecule has 1 amide bonds. The Balaban J connectivity index is 1.90. The summed E-state index contributed by atoms with van der Waals surface area (Å²) in [5.74, 6) is -0.407. The Kier molecular flexibility index (Phi) is 4.52. The maximum atomic E-state index is 12.1. The SMILES string of the molecule is C/C(=N/NC(=O)c1cccnc1)c1cc2cc(Br)ccc2oc1=O. The van der Waals surface area contributed by atoms with Crippen LogP contribution in [-0.4, -0.2) is 16.6 Å². The molecule has 0 aliphatic rings. The topological polar surface area (TPSA) is 84.6 Å². The van der Waals surface area contributed by atoms with Crippen LogP contribution in [0, 0.1) is 0 Å². The lowest BCUT2D eigenvalue weighted by atomic mass is 10.1. The van der Waals surface area contributed by atoms with Gasteiger partial charge in [-0.25, -0.2) is 10.2 Å². The lowest BCUT2D eigenvalue weighted by Gasteiger charge is -2.04. The number of amides is 1. The molecular formula is C17H12BrN3O3. The molecule has 0 spiro atoms. The molecule has 1 aromatic carbocycles.